The number of aryl methyl sites for hydroxylation is 1. The van der Waals surface area contributed by atoms with Gasteiger partial charge in [-0.2, -0.15) is 8.42 Å². The molecule has 2 aromatic rings. The molecule has 0 fully saturated rings. The number of ether oxygens (including phenoxy) is 2. The second-order valence-electron chi connectivity index (χ2n) is 6.25. The van der Waals surface area contributed by atoms with Gasteiger partial charge in [-0.05, 0) is 42.2 Å². The van der Waals surface area contributed by atoms with Crippen molar-refractivity contribution in [1.82, 2.24) is 0 Å². The molecule has 6 nitrogen and oxygen atoms in total. The molecule has 3 rings (SSSR count). The van der Waals surface area contributed by atoms with Crippen LogP contribution in [0.4, 0.5) is 0 Å². The third-order valence-electron chi connectivity index (χ3n) is 4.53. The van der Waals surface area contributed by atoms with Gasteiger partial charge in [-0.25, -0.2) is 0 Å². The Balaban J connectivity index is 2.03. The van der Waals surface area contributed by atoms with E-state index in [0.717, 1.165) is 11.1 Å². The maximum atomic E-state index is 12.7. The van der Waals surface area contributed by atoms with E-state index in [1.807, 2.05) is 13.8 Å². The van der Waals surface area contributed by atoms with Gasteiger partial charge in [0.05, 0.1) is 19.8 Å². The van der Waals surface area contributed by atoms with Crippen molar-refractivity contribution in [2.24, 2.45) is 0 Å². The first-order chi connectivity index (χ1) is 12.3. The summed E-state index contributed by atoms with van der Waals surface area (Å²) in [5.74, 6) is 0.691. The van der Waals surface area contributed by atoms with Crippen molar-refractivity contribution in [3.63, 3.8) is 0 Å². The van der Waals surface area contributed by atoms with Crippen molar-refractivity contribution >= 4 is 15.9 Å². The Bertz CT molecular complexity index is 978. The molecular formula is C19H20O6S. The summed E-state index contributed by atoms with van der Waals surface area (Å²) >= 11 is 0. The fourth-order valence-electron chi connectivity index (χ4n) is 3.32. The smallest absolute Gasteiger partial charge is 0.339 e. The van der Waals surface area contributed by atoms with E-state index in [-0.39, 0.29) is 28.1 Å². The first kappa shape index (κ1) is 18.3. The second kappa shape index (κ2) is 6.64. The van der Waals surface area contributed by atoms with Crippen molar-refractivity contribution in [2.45, 2.75) is 31.1 Å². The molecule has 138 valence electrons. The van der Waals surface area contributed by atoms with Crippen molar-refractivity contribution < 1.29 is 26.9 Å². The monoisotopic (exact) mass is 376 g/mol. The maximum absolute atomic E-state index is 12.7. The zero-order chi connectivity index (χ0) is 19.1. The fraction of sp³-hybridized carbons (Fsp3) is 0.316. The average Bonchev–Trinajstić information content (AvgIpc) is 2.92. The highest BCUT2D eigenvalue weighted by Crippen LogP contribution is 2.41. The Hall–Kier alpha value is -2.54. The van der Waals surface area contributed by atoms with Crippen LogP contribution in [-0.4, -0.2) is 28.4 Å². The third-order valence-corrected chi connectivity index (χ3v) is 5.76. The van der Waals surface area contributed by atoms with Crippen LogP contribution in [-0.2, 0) is 10.1 Å². The lowest BCUT2D eigenvalue weighted by Crippen LogP contribution is -2.12. The predicted molar refractivity (Wildman–Crippen MR) is 95.9 cm³/mol. The van der Waals surface area contributed by atoms with Crippen LogP contribution in [0.25, 0.3) is 0 Å². The molecule has 0 saturated carbocycles. The maximum Gasteiger partial charge on any atom is 0.339 e. The molecule has 0 aromatic heterocycles. The fourth-order valence-corrected chi connectivity index (χ4v) is 4.27. The molecule has 26 heavy (non-hydrogen) atoms. The number of hydrogen-bond acceptors (Lipinski definition) is 6. The van der Waals surface area contributed by atoms with E-state index in [1.54, 1.807) is 6.07 Å². The molecular weight excluding hydrogens is 356 g/mol. The van der Waals surface area contributed by atoms with Crippen LogP contribution >= 0.6 is 0 Å². The van der Waals surface area contributed by atoms with Crippen molar-refractivity contribution in [3.05, 3.63) is 47.0 Å². The number of fused-ring (bicyclic) bond motifs is 1. The summed E-state index contributed by atoms with van der Waals surface area (Å²) in [7, 11) is -1.25. The molecule has 0 bridgehead atoms. The van der Waals surface area contributed by atoms with E-state index >= 15 is 0 Å². The van der Waals surface area contributed by atoms with Gasteiger partial charge in [0.1, 0.15) is 4.90 Å². The molecule has 1 aliphatic carbocycles. The first-order valence-corrected chi connectivity index (χ1v) is 9.52. The number of carbonyl (C=O) groups excluding carboxylic acids is 1. The van der Waals surface area contributed by atoms with Gasteiger partial charge in [0.2, 0.25) is 0 Å². The number of Topliss-reactive ketones (excluding diaryl/α,β-unsaturated/α-hetero) is 1. The number of benzene rings is 2. The first-order valence-electron chi connectivity index (χ1n) is 8.11. The molecule has 0 amide bonds. The van der Waals surface area contributed by atoms with Crippen molar-refractivity contribution in [2.75, 3.05) is 14.2 Å². The Kier molecular flexibility index (Phi) is 4.66. The Morgan fingerprint density at radius 3 is 2.31 bits per heavy atom. The van der Waals surface area contributed by atoms with Crippen molar-refractivity contribution in [3.8, 4) is 17.2 Å². The number of carbonyl (C=O) groups is 1. The van der Waals surface area contributed by atoms with E-state index in [1.165, 1.54) is 38.5 Å². The van der Waals surface area contributed by atoms with E-state index in [4.69, 9.17) is 13.7 Å². The van der Waals surface area contributed by atoms with Crippen molar-refractivity contribution in [1.29, 1.82) is 0 Å². The minimum absolute atomic E-state index is 0.0461. The van der Waals surface area contributed by atoms with Crippen LogP contribution in [0.15, 0.2) is 35.2 Å². The zero-order valence-electron chi connectivity index (χ0n) is 15.0. The lowest BCUT2D eigenvalue weighted by atomic mass is 9.98. The normalized spacial score (nSPS) is 16.3. The summed E-state index contributed by atoms with van der Waals surface area (Å²) in [6.07, 6.45) is 0.354. The minimum atomic E-state index is -4.13. The van der Waals surface area contributed by atoms with Crippen LogP contribution < -0.4 is 13.7 Å². The Morgan fingerprint density at radius 2 is 1.65 bits per heavy atom. The molecule has 0 heterocycles. The highest BCUT2D eigenvalue weighted by molar-refractivity contribution is 7.87. The van der Waals surface area contributed by atoms with Gasteiger partial charge in [-0.3, -0.25) is 4.79 Å². The molecule has 0 saturated heterocycles. The van der Waals surface area contributed by atoms with Crippen LogP contribution in [0, 0.1) is 6.92 Å². The van der Waals surface area contributed by atoms with Gasteiger partial charge in [0, 0.05) is 12.5 Å². The van der Waals surface area contributed by atoms with Crippen LogP contribution in [0.5, 0.6) is 17.2 Å². The summed E-state index contributed by atoms with van der Waals surface area (Å²) in [6, 6.07) is 7.49. The number of ketones is 1. The summed E-state index contributed by atoms with van der Waals surface area (Å²) < 4.78 is 41.0. The zero-order valence-corrected chi connectivity index (χ0v) is 15.8. The largest absolute Gasteiger partial charge is 0.493 e. The molecule has 0 spiro atoms. The van der Waals surface area contributed by atoms with Crippen LogP contribution in [0.2, 0.25) is 0 Å². The summed E-state index contributed by atoms with van der Waals surface area (Å²) in [6.45, 7) is 3.85. The number of hydrogen-bond donors (Lipinski definition) is 0. The lowest BCUT2D eigenvalue weighted by Gasteiger charge is -2.14. The van der Waals surface area contributed by atoms with E-state index in [0.29, 0.717) is 17.7 Å². The number of methoxy groups -OCH3 is 2. The second-order valence-corrected chi connectivity index (χ2v) is 7.80. The van der Waals surface area contributed by atoms with Gasteiger partial charge in [0.15, 0.2) is 23.0 Å². The highest BCUT2D eigenvalue weighted by atomic mass is 32.2. The van der Waals surface area contributed by atoms with Gasteiger partial charge in [0.25, 0.3) is 0 Å². The minimum Gasteiger partial charge on any atom is -0.493 e. The van der Waals surface area contributed by atoms with Crippen LogP contribution in [0.3, 0.4) is 0 Å². The van der Waals surface area contributed by atoms with Gasteiger partial charge in [-0.15, -0.1) is 0 Å². The Labute approximate surface area is 152 Å². The summed E-state index contributed by atoms with van der Waals surface area (Å²) in [5.41, 5.74) is 2.17. The van der Waals surface area contributed by atoms with Crippen LogP contribution in [0.1, 0.15) is 40.7 Å². The van der Waals surface area contributed by atoms with E-state index < -0.39 is 10.1 Å². The average molecular weight is 376 g/mol. The Morgan fingerprint density at radius 1 is 1.00 bits per heavy atom. The molecule has 0 radical (unpaired) electrons. The van der Waals surface area contributed by atoms with Gasteiger partial charge >= 0.3 is 10.1 Å². The van der Waals surface area contributed by atoms with Gasteiger partial charge in [-0.1, -0.05) is 13.0 Å². The molecule has 2 aromatic carbocycles. The molecule has 0 aliphatic heterocycles. The predicted octanol–water partition coefficient (Wildman–Crippen LogP) is 3.47. The lowest BCUT2D eigenvalue weighted by molar-refractivity contribution is 0.0989. The quantitative estimate of drug-likeness (QED) is 0.744. The molecule has 1 atom stereocenters. The molecule has 7 heteroatoms. The van der Waals surface area contributed by atoms with E-state index in [2.05, 4.69) is 0 Å². The summed E-state index contributed by atoms with van der Waals surface area (Å²) in [4.78, 5) is 12.3. The third kappa shape index (κ3) is 3.03. The highest BCUT2D eigenvalue weighted by Gasteiger charge is 2.33. The standard InChI is InChI=1S/C19H20O6S/c1-11-5-7-16(19-14(20)9-12(2)18(11)19)25-26(21,22)13-6-8-15(23-3)17(10-13)24-4/h5-8,10,12H,9H2,1-4H3. The van der Waals surface area contributed by atoms with E-state index in [9.17, 15) is 13.2 Å². The molecule has 1 unspecified atom stereocenters. The topological polar surface area (TPSA) is 78.9 Å². The number of rotatable bonds is 5. The molecule has 0 N–H and O–H groups in total. The summed E-state index contributed by atoms with van der Waals surface area (Å²) in [5, 5.41) is 0. The molecule has 1 aliphatic rings. The SMILES string of the molecule is COc1ccc(S(=O)(=O)Oc2ccc(C)c3c2C(=O)CC3C)cc1OC. The van der Waals surface area contributed by atoms with Gasteiger partial charge < -0.3 is 13.7 Å².